The Kier molecular flexibility index (Phi) is 3.94. The Hall–Kier alpha value is -3.13. The maximum Gasteiger partial charge on any atom is 0.271 e. The van der Waals surface area contributed by atoms with Crippen LogP contribution in [0.3, 0.4) is 0 Å². The van der Waals surface area contributed by atoms with Crippen LogP contribution in [0.1, 0.15) is 26.5 Å². The second kappa shape index (κ2) is 6.49. The van der Waals surface area contributed by atoms with Gasteiger partial charge in [0.2, 0.25) is 0 Å². The van der Waals surface area contributed by atoms with E-state index in [2.05, 4.69) is 20.7 Å². The average Bonchev–Trinajstić information content (AvgIpc) is 3.21. The van der Waals surface area contributed by atoms with Crippen LogP contribution in [0.2, 0.25) is 0 Å². The van der Waals surface area contributed by atoms with Gasteiger partial charge in [-0.3, -0.25) is 14.3 Å². The minimum absolute atomic E-state index is 0.156. The molecule has 28 heavy (non-hydrogen) atoms. The number of fused-ring (bicyclic) bond motifs is 2. The quantitative estimate of drug-likeness (QED) is 0.619. The molecule has 1 aromatic carbocycles. The summed E-state index contributed by atoms with van der Waals surface area (Å²) < 4.78 is 6.98. The van der Waals surface area contributed by atoms with E-state index in [9.17, 15) is 9.59 Å². The van der Waals surface area contributed by atoms with Gasteiger partial charge in [-0.1, -0.05) is 12.1 Å². The molecule has 2 amide bonds. The van der Waals surface area contributed by atoms with Crippen LogP contribution in [0.25, 0.3) is 10.9 Å². The zero-order chi connectivity index (χ0) is 19.3. The fourth-order valence-corrected chi connectivity index (χ4v) is 4.00. The van der Waals surface area contributed by atoms with Crippen LogP contribution in [0, 0.1) is 11.8 Å². The zero-order valence-corrected chi connectivity index (χ0v) is 15.4. The van der Waals surface area contributed by atoms with Crippen molar-refractivity contribution in [1.29, 1.82) is 0 Å². The van der Waals surface area contributed by atoms with E-state index in [-0.39, 0.29) is 23.6 Å². The largest absolute Gasteiger partial charge is 0.381 e. The first kappa shape index (κ1) is 17.0. The lowest BCUT2D eigenvalue weighted by Gasteiger charge is -2.10. The second-order valence-corrected chi connectivity index (χ2v) is 7.42. The van der Waals surface area contributed by atoms with Crippen molar-refractivity contribution >= 4 is 22.7 Å². The molecular formula is C20H21N5O3. The number of carbonyl (C=O) groups excluding carboxylic acids is 2. The van der Waals surface area contributed by atoms with Crippen molar-refractivity contribution in [1.82, 2.24) is 25.4 Å². The third kappa shape index (κ3) is 2.86. The summed E-state index contributed by atoms with van der Waals surface area (Å²) in [5.74, 6) is 0.301. The Bertz CT molecular complexity index is 1060. The number of hydrogen-bond donors (Lipinski definition) is 3. The number of nitrogens with one attached hydrogen (secondary N) is 3. The molecule has 2 aromatic heterocycles. The molecule has 3 N–H and O–H groups in total. The third-order valence-corrected chi connectivity index (χ3v) is 5.67. The van der Waals surface area contributed by atoms with Gasteiger partial charge >= 0.3 is 0 Å². The Morgan fingerprint density at radius 2 is 2.04 bits per heavy atom. The van der Waals surface area contributed by atoms with Crippen molar-refractivity contribution in [2.75, 3.05) is 20.3 Å². The number of ether oxygens (including phenoxy) is 1. The van der Waals surface area contributed by atoms with Gasteiger partial charge in [0.25, 0.3) is 11.8 Å². The molecule has 0 spiro atoms. The molecule has 5 rings (SSSR count). The normalized spacial score (nSPS) is 22.8. The van der Waals surface area contributed by atoms with Gasteiger partial charge in [-0.25, -0.2) is 0 Å². The number of nitrogens with zero attached hydrogens (tertiary/aromatic N) is 2. The summed E-state index contributed by atoms with van der Waals surface area (Å²) in [6, 6.07) is 9.77. The van der Waals surface area contributed by atoms with Gasteiger partial charge in [0.15, 0.2) is 5.69 Å². The summed E-state index contributed by atoms with van der Waals surface area (Å²) >= 11 is 0. The van der Waals surface area contributed by atoms with Gasteiger partial charge in [-0.05, 0) is 23.1 Å². The monoisotopic (exact) mass is 379 g/mol. The van der Waals surface area contributed by atoms with Gasteiger partial charge < -0.3 is 20.4 Å². The van der Waals surface area contributed by atoms with Crippen LogP contribution in [0.5, 0.6) is 0 Å². The van der Waals surface area contributed by atoms with E-state index in [4.69, 9.17) is 4.74 Å². The van der Waals surface area contributed by atoms with Crippen molar-refractivity contribution < 1.29 is 14.3 Å². The SMILES string of the molecule is CNC(=O)c1cc(C(=O)NC2[C@H]3COC[C@@H]23)n(Cc2ccc3cc[nH]c3c2)n1. The lowest BCUT2D eigenvalue weighted by molar-refractivity contribution is 0.0917. The molecule has 8 nitrogen and oxygen atoms in total. The molecule has 144 valence electrons. The Labute approximate surface area is 161 Å². The van der Waals surface area contributed by atoms with Crippen LogP contribution in [-0.2, 0) is 11.3 Å². The van der Waals surface area contributed by atoms with Crippen molar-refractivity contribution in [3.63, 3.8) is 0 Å². The lowest BCUT2D eigenvalue weighted by Crippen LogP contribution is -2.31. The number of carbonyl (C=O) groups is 2. The van der Waals surface area contributed by atoms with E-state index in [1.807, 2.05) is 30.5 Å². The predicted octanol–water partition coefficient (Wildman–Crippen LogP) is 1.15. The van der Waals surface area contributed by atoms with Crippen LogP contribution in [0.15, 0.2) is 36.5 Å². The van der Waals surface area contributed by atoms with Crippen LogP contribution in [-0.4, -0.2) is 52.9 Å². The highest BCUT2D eigenvalue weighted by Gasteiger charge is 2.54. The van der Waals surface area contributed by atoms with Gasteiger partial charge in [0, 0.05) is 42.7 Å². The summed E-state index contributed by atoms with van der Waals surface area (Å²) in [6.45, 7) is 1.80. The summed E-state index contributed by atoms with van der Waals surface area (Å²) in [7, 11) is 1.55. The molecule has 3 heterocycles. The number of H-pyrrole nitrogens is 1. The molecule has 1 aliphatic carbocycles. The standard InChI is InChI=1S/C20H21N5O3/c1-21-19(26)16-7-17(20(27)23-18-13-9-28-10-14(13)18)25(24-16)8-11-2-3-12-4-5-22-15(12)6-11/h2-7,13-14,18,22H,8-10H2,1H3,(H,21,26)(H,23,27)/t13-,14+,18?. The van der Waals surface area contributed by atoms with Gasteiger partial charge in [-0.15, -0.1) is 0 Å². The maximum absolute atomic E-state index is 12.9. The number of aromatic nitrogens is 3. The molecule has 0 radical (unpaired) electrons. The highest BCUT2D eigenvalue weighted by Crippen LogP contribution is 2.44. The molecule has 2 fully saturated rings. The molecule has 3 atom stereocenters. The summed E-state index contributed by atoms with van der Waals surface area (Å²) in [5.41, 5.74) is 2.63. The topological polar surface area (TPSA) is 101 Å². The van der Waals surface area contributed by atoms with Crippen LogP contribution in [0.4, 0.5) is 0 Å². The number of rotatable bonds is 5. The number of amides is 2. The smallest absolute Gasteiger partial charge is 0.271 e. The third-order valence-electron chi connectivity index (χ3n) is 5.67. The van der Waals surface area contributed by atoms with E-state index < -0.39 is 0 Å². The fourth-order valence-electron chi connectivity index (χ4n) is 4.00. The van der Waals surface area contributed by atoms with Crippen molar-refractivity contribution in [2.45, 2.75) is 12.6 Å². The zero-order valence-electron chi connectivity index (χ0n) is 15.4. The second-order valence-electron chi connectivity index (χ2n) is 7.42. The fraction of sp³-hybridized carbons (Fsp3) is 0.350. The molecular weight excluding hydrogens is 358 g/mol. The van der Waals surface area contributed by atoms with Crippen LogP contribution < -0.4 is 10.6 Å². The van der Waals surface area contributed by atoms with Crippen LogP contribution >= 0.6 is 0 Å². The maximum atomic E-state index is 12.9. The molecule has 1 saturated heterocycles. The Morgan fingerprint density at radius 3 is 2.82 bits per heavy atom. The summed E-state index contributed by atoms with van der Waals surface area (Å²) in [4.78, 5) is 28.1. The summed E-state index contributed by atoms with van der Waals surface area (Å²) in [5, 5.41) is 11.1. The molecule has 1 unspecified atom stereocenters. The van der Waals surface area contributed by atoms with Crippen molar-refractivity contribution in [3.05, 3.63) is 53.5 Å². The first-order chi connectivity index (χ1) is 13.6. The van der Waals surface area contributed by atoms with Crippen molar-refractivity contribution in [3.8, 4) is 0 Å². The lowest BCUT2D eigenvalue weighted by atomic mass is 10.1. The Balaban J connectivity index is 1.42. The Morgan fingerprint density at radius 1 is 1.21 bits per heavy atom. The van der Waals surface area contributed by atoms with Gasteiger partial charge in [0.1, 0.15) is 5.69 Å². The minimum Gasteiger partial charge on any atom is -0.381 e. The first-order valence-corrected chi connectivity index (χ1v) is 9.38. The molecule has 0 bridgehead atoms. The highest BCUT2D eigenvalue weighted by molar-refractivity contribution is 5.98. The minimum atomic E-state index is -0.315. The van der Waals surface area contributed by atoms with E-state index >= 15 is 0 Å². The molecule has 1 saturated carbocycles. The molecule has 1 aliphatic heterocycles. The predicted molar refractivity (Wildman–Crippen MR) is 102 cm³/mol. The first-order valence-electron chi connectivity index (χ1n) is 9.38. The molecule has 2 aliphatic rings. The van der Waals surface area contributed by atoms with Gasteiger partial charge in [0.05, 0.1) is 19.8 Å². The molecule has 8 heteroatoms. The summed E-state index contributed by atoms with van der Waals surface area (Å²) in [6.07, 6.45) is 1.89. The highest BCUT2D eigenvalue weighted by atomic mass is 16.5. The average molecular weight is 379 g/mol. The number of benzene rings is 1. The molecule has 3 aromatic rings. The van der Waals surface area contributed by atoms with E-state index in [1.165, 1.54) is 0 Å². The van der Waals surface area contributed by atoms with E-state index in [0.29, 0.717) is 37.3 Å². The van der Waals surface area contributed by atoms with E-state index in [1.54, 1.807) is 17.8 Å². The van der Waals surface area contributed by atoms with Crippen molar-refractivity contribution in [2.24, 2.45) is 11.8 Å². The van der Waals surface area contributed by atoms with Gasteiger partial charge in [-0.2, -0.15) is 5.10 Å². The number of hydrogen-bond acceptors (Lipinski definition) is 4. The number of aromatic amines is 1. The van der Waals surface area contributed by atoms with E-state index in [0.717, 1.165) is 16.5 Å².